The highest BCUT2D eigenvalue weighted by Gasteiger charge is 2.13. The number of nitrogens with two attached hydrogens (primary N) is 1. The lowest BCUT2D eigenvalue weighted by molar-refractivity contribution is 0.521. The number of nitrogens with zero attached hydrogens (tertiary/aromatic N) is 1. The maximum atomic E-state index is 5.68. The molecule has 0 amide bonds. The topological polar surface area (TPSA) is 29.3 Å². The molecular formula is C14H22N2. The van der Waals surface area contributed by atoms with Crippen molar-refractivity contribution >= 4 is 5.69 Å². The van der Waals surface area contributed by atoms with Crippen molar-refractivity contribution in [3.8, 4) is 0 Å². The molecule has 88 valence electrons. The molecule has 1 aliphatic heterocycles. The van der Waals surface area contributed by atoms with Gasteiger partial charge in [-0.3, -0.25) is 0 Å². The molecule has 1 unspecified atom stereocenters. The van der Waals surface area contributed by atoms with Crippen molar-refractivity contribution < 1.29 is 0 Å². The van der Waals surface area contributed by atoms with Crippen molar-refractivity contribution in [1.29, 1.82) is 0 Å². The highest BCUT2D eigenvalue weighted by Crippen LogP contribution is 2.22. The summed E-state index contributed by atoms with van der Waals surface area (Å²) in [6.45, 7) is 5.38. The first-order chi connectivity index (χ1) is 7.79. The molecule has 2 heteroatoms. The Bertz CT molecular complexity index is 335. The first kappa shape index (κ1) is 11.5. The van der Waals surface area contributed by atoms with E-state index in [1.165, 1.54) is 43.6 Å². The SMILES string of the molecule is CC1CCCN(c2cccc(CN)c2)CC1. The van der Waals surface area contributed by atoms with Crippen molar-refractivity contribution in [3.63, 3.8) is 0 Å². The van der Waals surface area contributed by atoms with Crippen molar-refractivity contribution in [2.45, 2.75) is 32.7 Å². The molecule has 2 rings (SSSR count). The molecule has 1 aliphatic rings. The summed E-state index contributed by atoms with van der Waals surface area (Å²) in [7, 11) is 0. The Morgan fingerprint density at radius 2 is 2.19 bits per heavy atom. The van der Waals surface area contributed by atoms with Crippen LogP contribution in [0.15, 0.2) is 24.3 Å². The molecule has 1 atom stereocenters. The van der Waals surface area contributed by atoms with Gasteiger partial charge in [0.1, 0.15) is 0 Å². The molecule has 0 spiro atoms. The van der Waals surface area contributed by atoms with Crippen molar-refractivity contribution in [1.82, 2.24) is 0 Å². The molecule has 1 aromatic carbocycles. The first-order valence-electron chi connectivity index (χ1n) is 6.33. The van der Waals surface area contributed by atoms with E-state index in [1.807, 2.05) is 0 Å². The lowest BCUT2D eigenvalue weighted by Crippen LogP contribution is -2.24. The molecule has 0 radical (unpaired) electrons. The number of rotatable bonds is 2. The summed E-state index contributed by atoms with van der Waals surface area (Å²) in [5.41, 5.74) is 8.26. The van der Waals surface area contributed by atoms with Crippen LogP contribution in [-0.2, 0) is 6.54 Å². The monoisotopic (exact) mass is 218 g/mol. The van der Waals surface area contributed by atoms with Crippen LogP contribution in [0.2, 0.25) is 0 Å². The van der Waals surface area contributed by atoms with Gasteiger partial charge in [0.15, 0.2) is 0 Å². The summed E-state index contributed by atoms with van der Waals surface area (Å²) < 4.78 is 0. The van der Waals surface area contributed by atoms with Gasteiger partial charge >= 0.3 is 0 Å². The summed E-state index contributed by atoms with van der Waals surface area (Å²) in [5, 5.41) is 0. The van der Waals surface area contributed by atoms with Gasteiger partial charge in [0.2, 0.25) is 0 Å². The molecule has 0 bridgehead atoms. The van der Waals surface area contributed by atoms with Crippen molar-refractivity contribution in [2.24, 2.45) is 11.7 Å². The molecule has 2 nitrogen and oxygen atoms in total. The highest BCUT2D eigenvalue weighted by atomic mass is 15.1. The first-order valence-corrected chi connectivity index (χ1v) is 6.33. The van der Waals surface area contributed by atoms with Gasteiger partial charge in [-0.2, -0.15) is 0 Å². The van der Waals surface area contributed by atoms with Crippen LogP contribution >= 0.6 is 0 Å². The second-order valence-electron chi connectivity index (χ2n) is 4.90. The molecule has 0 aromatic heterocycles. The fourth-order valence-electron chi connectivity index (χ4n) is 2.40. The molecule has 1 heterocycles. The average molecular weight is 218 g/mol. The van der Waals surface area contributed by atoms with Crippen molar-refractivity contribution in [2.75, 3.05) is 18.0 Å². The summed E-state index contributed by atoms with van der Waals surface area (Å²) in [4.78, 5) is 2.50. The Balaban J connectivity index is 2.10. The van der Waals surface area contributed by atoms with Crippen LogP contribution in [0.4, 0.5) is 5.69 Å². The zero-order valence-corrected chi connectivity index (χ0v) is 10.2. The van der Waals surface area contributed by atoms with Gasteiger partial charge in [-0.1, -0.05) is 19.1 Å². The molecule has 1 fully saturated rings. The third-order valence-corrected chi connectivity index (χ3v) is 3.53. The predicted molar refractivity (Wildman–Crippen MR) is 69.6 cm³/mol. The van der Waals surface area contributed by atoms with E-state index in [9.17, 15) is 0 Å². The van der Waals surface area contributed by atoms with Crippen LogP contribution in [0.1, 0.15) is 31.7 Å². The molecule has 2 N–H and O–H groups in total. The van der Waals surface area contributed by atoms with Gasteiger partial charge < -0.3 is 10.6 Å². The summed E-state index contributed by atoms with van der Waals surface area (Å²) in [6.07, 6.45) is 3.99. The molecule has 1 aromatic rings. The summed E-state index contributed by atoms with van der Waals surface area (Å²) in [6, 6.07) is 8.65. The molecule has 0 aliphatic carbocycles. The number of hydrogen-bond donors (Lipinski definition) is 1. The normalized spacial score (nSPS) is 21.9. The second-order valence-corrected chi connectivity index (χ2v) is 4.90. The minimum atomic E-state index is 0.637. The lowest BCUT2D eigenvalue weighted by Gasteiger charge is -2.23. The average Bonchev–Trinajstić information content (AvgIpc) is 2.54. The van der Waals surface area contributed by atoms with E-state index >= 15 is 0 Å². The van der Waals surface area contributed by atoms with Crippen LogP contribution in [0, 0.1) is 5.92 Å². The van der Waals surface area contributed by atoms with Crippen molar-refractivity contribution in [3.05, 3.63) is 29.8 Å². The zero-order valence-electron chi connectivity index (χ0n) is 10.2. The van der Waals surface area contributed by atoms with E-state index in [4.69, 9.17) is 5.73 Å². The highest BCUT2D eigenvalue weighted by molar-refractivity contribution is 5.48. The van der Waals surface area contributed by atoms with E-state index in [0.29, 0.717) is 6.54 Å². The largest absolute Gasteiger partial charge is 0.372 e. The smallest absolute Gasteiger partial charge is 0.0369 e. The molecule has 1 saturated heterocycles. The Morgan fingerprint density at radius 3 is 3.00 bits per heavy atom. The van der Waals surface area contributed by atoms with Gasteiger partial charge in [-0.05, 0) is 42.9 Å². The Morgan fingerprint density at radius 1 is 1.31 bits per heavy atom. The lowest BCUT2D eigenvalue weighted by atomic mass is 10.0. The quantitative estimate of drug-likeness (QED) is 0.827. The maximum Gasteiger partial charge on any atom is 0.0369 e. The zero-order chi connectivity index (χ0) is 11.4. The van der Waals surface area contributed by atoms with E-state index in [-0.39, 0.29) is 0 Å². The Labute approximate surface area is 98.4 Å². The molecule has 0 saturated carbocycles. The van der Waals surface area contributed by atoms with Crippen LogP contribution in [-0.4, -0.2) is 13.1 Å². The minimum absolute atomic E-state index is 0.637. The van der Waals surface area contributed by atoms with Gasteiger partial charge in [-0.15, -0.1) is 0 Å². The van der Waals surface area contributed by atoms with E-state index in [2.05, 4.69) is 36.1 Å². The van der Waals surface area contributed by atoms with Gasteiger partial charge in [0.25, 0.3) is 0 Å². The van der Waals surface area contributed by atoms with Gasteiger partial charge in [-0.25, -0.2) is 0 Å². The van der Waals surface area contributed by atoms with E-state index in [1.54, 1.807) is 0 Å². The van der Waals surface area contributed by atoms with Crippen LogP contribution < -0.4 is 10.6 Å². The Hall–Kier alpha value is -1.02. The number of anilines is 1. The molecular weight excluding hydrogens is 196 g/mol. The van der Waals surface area contributed by atoms with Gasteiger partial charge in [0.05, 0.1) is 0 Å². The van der Waals surface area contributed by atoms with E-state index < -0.39 is 0 Å². The fraction of sp³-hybridized carbons (Fsp3) is 0.571. The summed E-state index contributed by atoms with van der Waals surface area (Å²) in [5.74, 6) is 0.877. The summed E-state index contributed by atoms with van der Waals surface area (Å²) >= 11 is 0. The number of hydrogen-bond acceptors (Lipinski definition) is 2. The minimum Gasteiger partial charge on any atom is -0.372 e. The van der Waals surface area contributed by atoms with Crippen LogP contribution in [0.5, 0.6) is 0 Å². The van der Waals surface area contributed by atoms with E-state index in [0.717, 1.165) is 5.92 Å². The Kier molecular flexibility index (Phi) is 3.83. The predicted octanol–water partition coefficient (Wildman–Crippen LogP) is 2.77. The third-order valence-electron chi connectivity index (χ3n) is 3.53. The third kappa shape index (κ3) is 2.76. The van der Waals surface area contributed by atoms with Gasteiger partial charge in [0, 0.05) is 25.3 Å². The maximum absolute atomic E-state index is 5.68. The van der Waals surface area contributed by atoms with Crippen LogP contribution in [0.3, 0.4) is 0 Å². The second kappa shape index (κ2) is 5.35. The van der Waals surface area contributed by atoms with Crippen LogP contribution in [0.25, 0.3) is 0 Å². The molecule has 16 heavy (non-hydrogen) atoms. The fourth-order valence-corrected chi connectivity index (χ4v) is 2.40. The number of benzene rings is 1. The standard InChI is InChI=1S/C14H22N2/c1-12-4-3-8-16(9-7-12)14-6-2-5-13(10-14)11-15/h2,5-6,10,12H,3-4,7-9,11,15H2,1H3.